The highest BCUT2D eigenvalue weighted by molar-refractivity contribution is 7.16. The first-order valence-corrected chi connectivity index (χ1v) is 6.81. The fourth-order valence-corrected chi connectivity index (χ4v) is 2.78. The lowest BCUT2D eigenvalue weighted by Gasteiger charge is -2.13. The third-order valence-electron chi connectivity index (χ3n) is 2.65. The molecule has 0 unspecified atom stereocenters. The molecule has 1 aromatic rings. The Bertz CT molecular complexity index is 531. The fraction of sp³-hybridized carbons (Fsp3) is 0.364. The predicted molar refractivity (Wildman–Crippen MR) is 71.0 cm³/mol. The number of carbonyl (C=O) groups excluding carboxylic acids is 3. The van der Waals surface area contributed by atoms with Gasteiger partial charge in [-0.1, -0.05) is 11.6 Å². The van der Waals surface area contributed by atoms with Crippen LogP contribution in [0.2, 0.25) is 4.34 Å². The molecule has 1 aliphatic heterocycles. The normalized spacial score (nSPS) is 19.8. The van der Waals surface area contributed by atoms with E-state index in [4.69, 9.17) is 11.6 Å². The van der Waals surface area contributed by atoms with E-state index in [9.17, 15) is 14.4 Å². The summed E-state index contributed by atoms with van der Waals surface area (Å²) in [5.41, 5.74) is 0. The van der Waals surface area contributed by atoms with Crippen LogP contribution < -0.4 is 16.0 Å². The third-order valence-corrected chi connectivity index (χ3v) is 4.06. The summed E-state index contributed by atoms with van der Waals surface area (Å²) >= 11 is 7.20. The number of halogens is 1. The van der Waals surface area contributed by atoms with Gasteiger partial charge in [0.25, 0.3) is 5.91 Å². The topological polar surface area (TPSA) is 87.3 Å². The van der Waals surface area contributed by atoms with E-state index in [1.54, 1.807) is 6.07 Å². The molecule has 0 bridgehead atoms. The van der Waals surface area contributed by atoms with Crippen molar-refractivity contribution in [1.82, 2.24) is 16.0 Å². The Morgan fingerprint density at radius 1 is 1.53 bits per heavy atom. The molecule has 2 atom stereocenters. The van der Waals surface area contributed by atoms with E-state index >= 15 is 0 Å². The van der Waals surface area contributed by atoms with Crippen LogP contribution in [0.25, 0.3) is 0 Å². The van der Waals surface area contributed by atoms with Crippen molar-refractivity contribution in [1.29, 1.82) is 0 Å². The van der Waals surface area contributed by atoms with Crippen LogP contribution in [0.1, 0.15) is 24.3 Å². The molecular formula is C11H12ClN3O3S. The molecule has 8 heteroatoms. The number of hydrogen-bond donors (Lipinski definition) is 3. The zero-order chi connectivity index (χ0) is 14.0. The molecule has 2 heterocycles. The molecule has 0 aromatic carbocycles. The molecule has 1 aromatic heterocycles. The van der Waals surface area contributed by atoms with E-state index in [1.165, 1.54) is 11.3 Å². The standard InChI is InChI=1S/C11H12ClN3O3S/c1-5(7-2-3-8(12)19-7)13-9(16)4-6-10(17)15-11(18)14-6/h2-3,5-6H,4H2,1H3,(H,13,16)(H2,14,15,17,18)/t5-,6+/m1/s1. The second-order valence-electron chi connectivity index (χ2n) is 4.15. The average Bonchev–Trinajstić information content (AvgIpc) is 2.86. The number of thiophene rings is 1. The van der Waals surface area contributed by atoms with Crippen LogP contribution in [0.15, 0.2) is 12.1 Å². The number of imide groups is 1. The van der Waals surface area contributed by atoms with Crippen molar-refractivity contribution < 1.29 is 14.4 Å². The molecule has 0 saturated carbocycles. The maximum Gasteiger partial charge on any atom is 0.322 e. The second kappa shape index (κ2) is 5.58. The van der Waals surface area contributed by atoms with Gasteiger partial charge in [-0.3, -0.25) is 14.9 Å². The van der Waals surface area contributed by atoms with Gasteiger partial charge < -0.3 is 10.6 Å². The van der Waals surface area contributed by atoms with Crippen LogP contribution in [0.4, 0.5) is 4.79 Å². The van der Waals surface area contributed by atoms with Crippen molar-refractivity contribution in [3.8, 4) is 0 Å². The van der Waals surface area contributed by atoms with Gasteiger partial charge in [-0.25, -0.2) is 4.79 Å². The highest BCUT2D eigenvalue weighted by Gasteiger charge is 2.31. The average molecular weight is 302 g/mol. The van der Waals surface area contributed by atoms with Gasteiger partial charge in [0, 0.05) is 4.88 Å². The minimum Gasteiger partial charge on any atom is -0.349 e. The van der Waals surface area contributed by atoms with Crippen molar-refractivity contribution in [2.45, 2.75) is 25.4 Å². The maximum absolute atomic E-state index is 11.8. The first-order chi connectivity index (χ1) is 8.95. The van der Waals surface area contributed by atoms with Crippen LogP contribution in [-0.4, -0.2) is 23.9 Å². The highest BCUT2D eigenvalue weighted by Crippen LogP contribution is 2.26. The summed E-state index contributed by atoms with van der Waals surface area (Å²) in [6.07, 6.45) is -0.0823. The molecule has 0 spiro atoms. The largest absolute Gasteiger partial charge is 0.349 e. The summed E-state index contributed by atoms with van der Waals surface area (Å²) in [6.45, 7) is 1.83. The number of nitrogens with one attached hydrogen (secondary N) is 3. The smallest absolute Gasteiger partial charge is 0.322 e. The minimum atomic E-state index is -0.799. The summed E-state index contributed by atoms with van der Waals surface area (Å²) in [5.74, 6) is -0.786. The van der Waals surface area contributed by atoms with E-state index in [-0.39, 0.29) is 18.4 Å². The van der Waals surface area contributed by atoms with E-state index in [0.29, 0.717) is 4.34 Å². The summed E-state index contributed by atoms with van der Waals surface area (Å²) in [6, 6.07) is 2.04. The number of hydrogen-bond acceptors (Lipinski definition) is 4. The maximum atomic E-state index is 11.8. The molecule has 4 amide bonds. The highest BCUT2D eigenvalue weighted by atomic mass is 35.5. The van der Waals surface area contributed by atoms with Crippen molar-refractivity contribution in [2.24, 2.45) is 0 Å². The molecule has 0 aliphatic carbocycles. The van der Waals surface area contributed by atoms with E-state index < -0.39 is 18.0 Å². The molecular weight excluding hydrogens is 290 g/mol. The molecule has 102 valence electrons. The third kappa shape index (κ3) is 3.45. The van der Waals surface area contributed by atoms with Crippen LogP contribution in [0.3, 0.4) is 0 Å². The van der Waals surface area contributed by atoms with Gasteiger partial charge >= 0.3 is 6.03 Å². The molecule has 2 rings (SSSR count). The minimum absolute atomic E-state index is 0.0823. The summed E-state index contributed by atoms with van der Waals surface area (Å²) in [7, 11) is 0. The Morgan fingerprint density at radius 3 is 2.79 bits per heavy atom. The van der Waals surface area contributed by atoms with Crippen LogP contribution in [0.5, 0.6) is 0 Å². The van der Waals surface area contributed by atoms with Gasteiger partial charge in [0.15, 0.2) is 0 Å². The first-order valence-electron chi connectivity index (χ1n) is 5.61. The molecule has 1 aliphatic rings. The van der Waals surface area contributed by atoms with E-state index in [1.807, 2.05) is 13.0 Å². The molecule has 1 saturated heterocycles. The Morgan fingerprint density at radius 2 is 2.26 bits per heavy atom. The fourth-order valence-electron chi connectivity index (χ4n) is 1.72. The number of rotatable bonds is 4. The number of carbonyl (C=O) groups is 3. The Hall–Kier alpha value is -1.60. The Kier molecular flexibility index (Phi) is 4.06. The quantitative estimate of drug-likeness (QED) is 0.730. The van der Waals surface area contributed by atoms with Gasteiger partial charge in [-0.15, -0.1) is 11.3 Å². The van der Waals surface area contributed by atoms with Crippen molar-refractivity contribution in [2.75, 3.05) is 0 Å². The zero-order valence-corrected chi connectivity index (χ0v) is 11.6. The molecule has 0 radical (unpaired) electrons. The summed E-state index contributed by atoms with van der Waals surface area (Å²) in [5, 5.41) is 7.20. The van der Waals surface area contributed by atoms with Gasteiger partial charge in [0.1, 0.15) is 6.04 Å². The predicted octanol–water partition coefficient (Wildman–Crippen LogP) is 1.18. The van der Waals surface area contributed by atoms with Crippen LogP contribution in [-0.2, 0) is 9.59 Å². The molecule has 6 nitrogen and oxygen atoms in total. The first kappa shape index (κ1) is 13.8. The van der Waals surface area contributed by atoms with Crippen molar-refractivity contribution >= 4 is 40.8 Å². The van der Waals surface area contributed by atoms with Crippen LogP contribution in [0, 0.1) is 0 Å². The van der Waals surface area contributed by atoms with Crippen LogP contribution >= 0.6 is 22.9 Å². The van der Waals surface area contributed by atoms with Gasteiger partial charge in [-0.2, -0.15) is 0 Å². The van der Waals surface area contributed by atoms with Gasteiger partial charge in [-0.05, 0) is 19.1 Å². The lowest BCUT2D eigenvalue weighted by Crippen LogP contribution is -2.36. The SMILES string of the molecule is C[C@@H](NC(=O)C[C@@H]1NC(=O)NC1=O)c1ccc(Cl)s1. The molecule has 1 fully saturated rings. The van der Waals surface area contributed by atoms with Gasteiger partial charge in [0.2, 0.25) is 5.91 Å². The van der Waals surface area contributed by atoms with E-state index in [0.717, 1.165) is 4.88 Å². The summed E-state index contributed by atoms with van der Waals surface area (Å²) < 4.78 is 0.651. The molecule has 3 N–H and O–H groups in total. The number of amides is 4. The van der Waals surface area contributed by atoms with Crippen molar-refractivity contribution in [3.63, 3.8) is 0 Å². The van der Waals surface area contributed by atoms with Crippen molar-refractivity contribution in [3.05, 3.63) is 21.3 Å². The lowest BCUT2D eigenvalue weighted by molar-refractivity contribution is -0.126. The Labute approximate surface area is 118 Å². The molecule has 19 heavy (non-hydrogen) atoms. The lowest BCUT2D eigenvalue weighted by atomic mass is 10.2. The van der Waals surface area contributed by atoms with Gasteiger partial charge in [0.05, 0.1) is 16.8 Å². The zero-order valence-electron chi connectivity index (χ0n) is 10.0. The monoisotopic (exact) mass is 301 g/mol. The second-order valence-corrected chi connectivity index (χ2v) is 5.90. The number of urea groups is 1. The Balaban J connectivity index is 1.87. The summed E-state index contributed by atoms with van der Waals surface area (Å²) in [4.78, 5) is 34.9. The van der Waals surface area contributed by atoms with E-state index in [2.05, 4.69) is 16.0 Å².